The maximum absolute atomic E-state index is 12.7. The van der Waals surface area contributed by atoms with Crippen LogP contribution >= 0.6 is 0 Å². The van der Waals surface area contributed by atoms with E-state index in [1.807, 2.05) is 0 Å². The third-order valence-electron chi connectivity index (χ3n) is 1.02. The van der Waals surface area contributed by atoms with E-state index in [2.05, 4.69) is 9.47 Å². The summed E-state index contributed by atoms with van der Waals surface area (Å²) < 4.78 is 21.3. The number of methoxy groups -OCH3 is 1. The van der Waals surface area contributed by atoms with Crippen molar-refractivity contribution in [2.45, 2.75) is 19.7 Å². The number of esters is 1. The average Bonchev–Trinajstić information content (AvgIpc) is 1.89. The van der Waals surface area contributed by atoms with Gasteiger partial charge in [0.05, 0.1) is 6.61 Å². The van der Waals surface area contributed by atoms with Crippen molar-refractivity contribution in [1.29, 1.82) is 0 Å². The summed E-state index contributed by atoms with van der Waals surface area (Å²) >= 11 is 0. The van der Waals surface area contributed by atoms with Crippen molar-refractivity contribution < 1.29 is 18.7 Å². The van der Waals surface area contributed by atoms with Crippen molar-refractivity contribution in [2.24, 2.45) is 0 Å². The lowest BCUT2D eigenvalue weighted by Crippen LogP contribution is -2.33. The Bertz CT molecular complexity index is 122. The smallest absolute Gasteiger partial charge is 0.371 e. The predicted molar refractivity (Wildman–Crippen MR) is 33.2 cm³/mol. The van der Waals surface area contributed by atoms with Crippen LogP contribution < -0.4 is 0 Å². The Morgan fingerprint density at radius 1 is 1.70 bits per heavy atom. The van der Waals surface area contributed by atoms with Gasteiger partial charge in [0.2, 0.25) is 0 Å². The molecule has 0 fully saturated rings. The standard InChI is InChI=1S/C6H11FO3/c1-4-10-5(8)6(2,7)9-3/h4H2,1-3H3. The summed E-state index contributed by atoms with van der Waals surface area (Å²) in [6, 6.07) is 0. The van der Waals surface area contributed by atoms with E-state index in [1.165, 1.54) is 0 Å². The third kappa shape index (κ3) is 2.31. The molecule has 1 atom stereocenters. The van der Waals surface area contributed by atoms with Gasteiger partial charge in [-0.25, -0.2) is 4.79 Å². The van der Waals surface area contributed by atoms with Crippen molar-refractivity contribution in [1.82, 2.24) is 0 Å². The molecule has 0 aliphatic heterocycles. The van der Waals surface area contributed by atoms with Crippen molar-refractivity contribution in [3.63, 3.8) is 0 Å². The molecule has 0 saturated carbocycles. The number of carbonyl (C=O) groups is 1. The molecule has 0 aromatic rings. The lowest BCUT2D eigenvalue weighted by atomic mass is 10.4. The maximum Gasteiger partial charge on any atom is 0.371 e. The van der Waals surface area contributed by atoms with Gasteiger partial charge in [0.25, 0.3) is 0 Å². The Labute approximate surface area is 59.1 Å². The molecule has 0 amide bonds. The van der Waals surface area contributed by atoms with E-state index < -0.39 is 11.8 Å². The molecule has 0 N–H and O–H groups in total. The highest BCUT2D eigenvalue weighted by molar-refractivity contribution is 5.77. The Morgan fingerprint density at radius 2 is 2.20 bits per heavy atom. The summed E-state index contributed by atoms with van der Waals surface area (Å²) in [6.45, 7) is 2.76. The molecule has 0 bridgehead atoms. The van der Waals surface area contributed by atoms with Gasteiger partial charge >= 0.3 is 11.8 Å². The summed E-state index contributed by atoms with van der Waals surface area (Å²) in [5.41, 5.74) is 0. The van der Waals surface area contributed by atoms with Crippen molar-refractivity contribution in [3.05, 3.63) is 0 Å². The number of carbonyl (C=O) groups excluding carboxylic acids is 1. The first kappa shape index (κ1) is 9.36. The average molecular weight is 150 g/mol. The summed E-state index contributed by atoms with van der Waals surface area (Å²) in [5.74, 6) is -3.30. The first-order valence-electron chi connectivity index (χ1n) is 2.96. The minimum atomic E-state index is -2.31. The van der Waals surface area contributed by atoms with Gasteiger partial charge in [0.15, 0.2) is 0 Å². The number of halogens is 1. The fraction of sp³-hybridized carbons (Fsp3) is 0.833. The van der Waals surface area contributed by atoms with Crippen LogP contribution in [0.4, 0.5) is 4.39 Å². The highest BCUT2D eigenvalue weighted by Gasteiger charge is 2.34. The molecule has 0 aliphatic carbocycles. The molecule has 60 valence electrons. The molecule has 0 heterocycles. The predicted octanol–water partition coefficient (Wildman–Crippen LogP) is 0.882. The lowest BCUT2D eigenvalue weighted by molar-refractivity contribution is -0.188. The van der Waals surface area contributed by atoms with E-state index in [0.29, 0.717) is 0 Å². The Balaban J connectivity index is 3.91. The number of alkyl halides is 1. The normalized spacial score (nSPS) is 16.0. The molecule has 3 nitrogen and oxygen atoms in total. The monoisotopic (exact) mass is 150 g/mol. The zero-order valence-corrected chi connectivity index (χ0v) is 6.31. The van der Waals surface area contributed by atoms with Crippen LogP contribution in [0.1, 0.15) is 13.8 Å². The molecule has 4 heteroatoms. The summed E-state index contributed by atoms with van der Waals surface area (Å²) in [6.07, 6.45) is 0. The van der Waals surface area contributed by atoms with Gasteiger partial charge in [-0.3, -0.25) is 0 Å². The molecule has 0 spiro atoms. The SMILES string of the molecule is CCOC(=O)C(C)(F)OC. The highest BCUT2D eigenvalue weighted by atomic mass is 19.2. The molecule has 10 heavy (non-hydrogen) atoms. The number of hydrogen-bond donors (Lipinski definition) is 0. The van der Waals surface area contributed by atoms with Crippen molar-refractivity contribution in [2.75, 3.05) is 13.7 Å². The van der Waals surface area contributed by atoms with E-state index in [-0.39, 0.29) is 6.61 Å². The fourth-order valence-electron chi connectivity index (χ4n) is 0.343. The molecule has 0 aromatic heterocycles. The van der Waals surface area contributed by atoms with Crippen LogP contribution in [-0.2, 0) is 14.3 Å². The van der Waals surface area contributed by atoms with Gasteiger partial charge in [0, 0.05) is 14.0 Å². The minimum absolute atomic E-state index is 0.154. The molecule has 0 aliphatic rings. The van der Waals surface area contributed by atoms with E-state index in [4.69, 9.17) is 0 Å². The molecule has 0 aromatic carbocycles. The summed E-state index contributed by atoms with van der Waals surface area (Å²) in [5, 5.41) is 0. The molecule has 0 radical (unpaired) electrons. The third-order valence-corrected chi connectivity index (χ3v) is 1.02. The van der Waals surface area contributed by atoms with E-state index in [0.717, 1.165) is 14.0 Å². The Kier molecular flexibility index (Phi) is 3.28. The quantitative estimate of drug-likeness (QED) is 0.560. The topological polar surface area (TPSA) is 35.5 Å². The second-order valence-corrected chi connectivity index (χ2v) is 1.84. The van der Waals surface area contributed by atoms with E-state index >= 15 is 0 Å². The van der Waals surface area contributed by atoms with Gasteiger partial charge in [-0.1, -0.05) is 0 Å². The zero-order valence-electron chi connectivity index (χ0n) is 6.31. The highest BCUT2D eigenvalue weighted by Crippen LogP contribution is 2.12. The molecular formula is C6H11FO3. The summed E-state index contributed by atoms with van der Waals surface area (Å²) in [4.78, 5) is 10.6. The molecule has 0 saturated heterocycles. The van der Waals surface area contributed by atoms with Crippen molar-refractivity contribution in [3.8, 4) is 0 Å². The van der Waals surface area contributed by atoms with Gasteiger partial charge in [0.1, 0.15) is 0 Å². The number of ether oxygens (including phenoxy) is 2. The van der Waals surface area contributed by atoms with Crippen LogP contribution in [0.3, 0.4) is 0 Å². The lowest BCUT2D eigenvalue weighted by Gasteiger charge is -2.15. The van der Waals surface area contributed by atoms with Crippen molar-refractivity contribution >= 4 is 5.97 Å². The second-order valence-electron chi connectivity index (χ2n) is 1.84. The van der Waals surface area contributed by atoms with Gasteiger partial charge in [-0.2, -0.15) is 4.39 Å². The van der Waals surface area contributed by atoms with Crippen LogP contribution in [0.2, 0.25) is 0 Å². The first-order valence-corrected chi connectivity index (χ1v) is 2.96. The number of hydrogen-bond acceptors (Lipinski definition) is 3. The van der Waals surface area contributed by atoms with Crippen LogP contribution in [0, 0.1) is 0 Å². The maximum atomic E-state index is 12.7. The zero-order chi connectivity index (χ0) is 8.20. The molecule has 1 unspecified atom stereocenters. The molecular weight excluding hydrogens is 139 g/mol. The largest absolute Gasteiger partial charge is 0.462 e. The Morgan fingerprint density at radius 3 is 2.50 bits per heavy atom. The van der Waals surface area contributed by atoms with E-state index in [9.17, 15) is 9.18 Å². The second kappa shape index (κ2) is 3.51. The fourth-order valence-corrected chi connectivity index (χ4v) is 0.343. The van der Waals surface area contributed by atoms with Gasteiger partial charge in [-0.05, 0) is 6.92 Å². The molecule has 0 rings (SSSR count). The van der Waals surface area contributed by atoms with Crippen LogP contribution in [0.5, 0.6) is 0 Å². The van der Waals surface area contributed by atoms with Crippen LogP contribution in [0.15, 0.2) is 0 Å². The van der Waals surface area contributed by atoms with Gasteiger partial charge < -0.3 is 9.47 Å². The van der Waals surface area contributed by atoms with E-state index in [1.54, 1.807) is 6.92 Å². The number of rotatable bonds is 3. The van der Waals surface area contributed by atoms with Crippen LogP contribution in [-0.4, -0.2) is 25.5 Å². The minimum Gasteiger partial charge on any atom is -0.462 e. The Hall–Kier alpha value is -0.640. The van der Waals surface area contributed by atoms with Gasteiger partial charge in [-0.15, -0.1) is 0 Å². The first-order chi connectivity index (χ1) is 4.54. The van der Waals surface area contributed by atoms with Crippen LogP contribution in [0.25, 0.3) is 0 Å². The summed E-state index contributed by atoms with van der Waals surface area (Å²) in [7, 11) is 1.11.